The molecule has 0 radical (unpaired) electrons. The van der Waals surface area contributed by atoms with Gasteiger partial charge in [-0.25, -0.2) is 14.6 Å². The Bertz CT molecular complexity index is 1270. The van der Waals surface area contributed by atoms with Crippen molar-refractivity contribution in [3.63, 3.8) is 0 Å². The Morgan fingerprint density at radius 1 is 0.829 bits per heavy atom. The summed E-state index contributed by atoms with van der Waals surface area (Å²) in [5.41, 5.74) is 1.30. The third-order valence-corrected chi connectivity index (χ3v) is 8.36. The van der Waals surface area contributed by atoms with Gasteiger partial charge in [-0.1, -0.05) is 54.1 Å². The van der Waals surface area contributed by atoms with Crippen LogP contribution in [0.1, 0.15) is 5.56 Å². The number of carbonyl (C=O) groups excluding carboxylic acids is 3. The molecule has 6 rings (SSSR count). The lowest BCUT2D eigenvalue weighted by Gasteiger charge is -2.55. The maximum absolute atomic E-state index is 14.4. The predicted molar refractivity (Wildman–Crippen MR) is 139 cm³/mol. The molecule has 3 aromatic carbocycles. The number of barbiturate groups is 1. The number of nitrogens with zero attached hydrogens (tertiary/aromatic N) is 3. The van der Waals surface area contributed by atoms with E-state index in [9.17, 15) is 14.4 Å². The molecule has 3 aliphatic heterocycles. The molecule has 1 atom stereocenters. The van der Waals surface area contributed by atoms with Gasteiger partial charge in [0.1, 0.15) is 0 Å². The lowest BCUT2D eigenvalue weighted by Crippen LogP contribution is -2.74. The number of halogens is 1. The number of anilines is 3. The maximum atomic E-state index is 14.4. The van der Waals surface area contributed by atoms with Gasteiger partial charge in [-0.2, -0.15) is 11.8 Å². The van der Waals surface area contributed by atoms with Crippen molar-refractivity contribution in [1.29, 1.82) is 0 Å². The molecule has 2 saturated heterocycles. The average molecular weight is 504 g/mol. The van der Waals surface area contributed by atoms with Crippen molar-refractivity contribution in [3.05, 3.63) is 89.4 Å². The quantitative estimate of drug-likeness (QED) is 0.460. The first-order valence-electron chi connectivity index (χ1n) is 11.5. The topological polar surface area (TPSA) is 60.9 Å². The SMILES string of the molecule is O=C1N(c2ccccc2)C(=O)C2(Cc3ccc(Cl)cc3N3CCSC[C@H]32)C(=O)N1c1ccccc1. The van der Waals surface area contributed by atoms with Crippen LogP contribution in [-0.4, -0.2) is 41.9 Å². The average Bonchev–Trinajstić information content (AvgIpc) is 2.89. The van der Waals surface area contributed by atoms with Crippen LogP contribution in [0.2, 0.25) is 5.02 Å². The Morgan fingerprint density at radius 3 is 2.03 bits per heavy atom. The number of carbonyl (C=O) groups is 3. The first-order chi connectivity index (χ1) is 17.0. The first-order valence-corrected chi connectivity index (χ1v) is 13.0. The Morgan fingerprint density at radius 2 is 1.43 bits per heavy atom. The minimum absolute atomic E-state index is 0.207. The van der Waals surface area contributed by atoms with Crippen molar-refractivity contribution in [2.24, 2.45) is 5.41 Å². The van der Waals surface area contributed by atoms with E-state index < -0.39 is 29.3 Å². The number of thioether (sulfide) groups is 1. The van der Waals surface area contributed by atoms with Crippen LogP contribution >= 0.6 is 23.4 Å². The molecule has 3 aliphatic rings. The summed E-state index contributed by atoms with van der Waals surface area (Å²) in [6, 6.07) is 22.3. The summed E-state index contributed by atoms with van der Waals surface area (Å²) in [7, 11) is 0. The highest BCUT2D eigenvalue weighted by Crippen LogP contribution is 2.50. The van der Waals surface area contributed by atoms with Crippen molar-refractivity contribution < 1.29 is 14.4 Å². The van der Waals surface area contributed by atoms with Crippen molar-refractivity contribution >= 4 is 58.3 Å². The molecular weight excluding hydrogens is 482 g/mol. The summed E-state index contributed by atoms with van der Waals surface area (Å²) in [6.07, 6.45) is 0.207. The molecule has 0 aliphatic carbocycles. The minimum Gasteiger partial charge on any atom is -0.365 e. The molecular formula is C27H22ClN3O3S. The third-order valence-electron chi connectivity index (χ3n) is 7.10. The summed E-state index contributed by atoms with van der Waals surface area (Å²) in [6.45, 7) is 0.690. The fraction of sp³-hybridized carbons (Fsp3) is 0.222. The van der Waals surface area contributed by atoms with Crippen molar-refractivity contribution in [1.82, 2.24) is 0 Å². The molecule has 0 aromatic heterocycles. The van der Waals surface area contributed by atoms with Gasteiger partial charge in [-0.3, -0.25) is 9.59 Å². The number of hydrogen-bond donors (Lipinski definition) is 0. The lowest BCUT2D eigenvalue weighted by atomic mass is 9.68. The second kappa shape index (κ2) is 8.43. The monoisotopic (exact) mass is 503 g/mol. The molecule has 3 aromatic rings. The highest BCUT2D eigenvalue weighted by atomic mass is 35.5. The van der Waals surface area contributed by atoms with E-state index in [0.717, 1.165) is 17.0 Å². The zero-order valence-corrected chi connectivity index (χ0v) is 20.3. The van der Waals surface area contributed by atoms with Crippen LogP contribution in [0.25, 0.3) is 0 Å². The van der Waals surface area contributed by atoms with Gasteiger partial charge in [0.2, 0.25) is 0 Å². The van der Waals surface area contributed by atoms with Crippen molar-refractivity contribution in [2.75, 3.05) is 32.8 Å². The molecule has 0 unspecified atom stereocenters. The second-order valence-electron chi connectivity index (χ2n) is 8.94. The van der Waals surface area contributed by atoms with Gasteiger partial charge in [0, 0.05) is 28.8 Å². The minimum atomic E-state index is -1.45. The molecule has 0 N–H and O–H groups in total. The summed E-state index contributed by atoms with van der Waals surface area (Å²) in [5, 5.41) is 0.616. The van der Waals surface area contributed by atoms with Gasteiger partial charge in [0.05, 0.1) is 17.4 Å². The van der Waals surface area contributed by atoms with E-state index in [4.69, 9.17) is 11.6 Å². The maximum Gasteiger partial charge on any atom is 0.342 e. The molecule has 176 valence electrons. The fourth-order valence-corrected chi connectivity index (χ4v) is 6.83. The summed E-state index contributed by atoms with van der Waals surface area (Å²) < 4.78 is 0. The number of hydrogen-bond acceptors (Lipinski definition) is 5. The molecule has 3 heterocycles. The van der Waals surface area contributed by atoms with Crippen LogP contribution in [-0.2, 0) is 16.0 Å². The van der Waals surface area contributed by atoms with Crippen LogP contribution in [0.5, 0.6) is 0 Å². The van der Waals surface area contributed by atoms with Crippen LogP contribution in [0.4, 0.5) is 21.9 Å². The van der Waals surface area contributed by atoms with E-state index in [1.54, 1.807) is 66.4 Å². The van der Waals surface area contributed by atoms with E-state index in [2.05, 4.69) is 4.90 Å². The number of amides is 4. The van der Waals surface area contributed by atoms with Gasteiger partial charge in [-0.05, 0) is 48.4 Å². The van der Waals surface area contributed by atoms with Gasteiger partial charge in [-0.15, -0.1) is 0 Å². The Balaban J connectivity index is 1.59. The number of para-hydroxylation sites is 2. The van der Waals surface area contributed by atoms with Gasteiger partial charge in [0.15, 0.2) is 5.41 Å². The third kappa shape index (κ3) is 3.29. The van der Waals surface area contributed by atoms with Gasteiger partial charge in [0.25, 0.3) is 11.8 Å². The van der Waals surface area contributed by atoms with Crippen molar-refractivity contribution in [2.45, 2.75) is 12.5 Å². The van der Waals surface area contributed by atoms with Crippen LogP contribution < -0.4 is 14.7 Å². The normalized spacial score (nSPS) is 21.2. The molecule has 8 heteroatoms. The second-order valence-corrected chi connectivity index (χ2v) is 10.5. The lowest BCUT2D eigenvalue weighted by molar-refractivity contribution is -0.142. The highest BCUT2D eigenvalue weighted by Gasteiger charge is 2.65. The molecule has 0 bridgehead atoms. The van der Waals surface area contributed by atoms with E-state index in [-0.39, 0.29) is 6.42 Å². The standard InChI is InChI=1S/C27H22ClN3O3S/c28-19-12-11-18-16-27(23-17-35-14-13-29(23)22(18)15-19)24(32)30(20-7-3-1-4-8-20)26(34)31(25(27)33)21-9-5-2-6-10-21/h1-12,15,23H,13-14,16-17H2/t23-/m0/s1. The molecule has 6 nitrogen and oxygen atoms in total. The molecule has 35 heavy (non-hydrogen) atoms. The van der Waals surface area contributed by atoms with E-state index in [1.165, 1.54) is 9.80 Å². The number of rotatable bonds is 2. The van der Waals surface area contributed by atoms with Crippen LogP contribution in [0, 0.1) is 5.41 Å². The van der Waals surface area contributed by atoms with E-state index in [0.29, 0.717) is 28.7 Å². The Hall–Kier alpha value is -3.29. The van der Waals surface area contributed by atoms with E-state index >= 15 is 0 Å². The van der Waals surface area contributed by atoms with Gasteiger partial charge >= 0.3 is 6.03 Å². The number of benzene rings is 3. The zero-order chi connectivity index (χ0) is 24.2. The fourth-order valence-electron chi connectivity index (χ4n) is 5.48. The zero-order valence-electron chi connectivity index (χ0n) is 18.8. The van der Waals surface area contributed by atoms with Crippen LogP contribution in [0.3, 0.4) is 0 Å². The smallest absolute Gasteiger partial charge is 0.342 e. The number of imide groups is 2. The highest BCUT2D eigenvalue weighted by molar-refractivity contribution is 7.99. The molecule has 0 saturated carbocycles. The predicted octanol–water partition coefficient (Wildman–Crippen LogP) is 5.00. The number of fused-ring (bicyclic) bond motifs is 4. The number of urea groups is 1. The summed E-state index contributed by atoms with van der Waals surface area (Å²) in [5.74, 6) is 0.543. The van der Waals surface area contributed by atoms with E-state index in [1.807, 2.05) is 24.3 Å². The summed E-state index contributed by atoms with van der Waals surface area (Å²) in [4.78, 5) is 47.2. The Kier molecular flexibility index (Phi) is 5.34. The van der Waals surface area contributed by atoms with Gasteiger partial charge < -0.3 is 4.90 Å². The van der Waals surface area contributed by atoms with Crippen LogP contribution in [0.15, 0.2) is 78.9 Å². The molecule has 4 amide bonds. The largest absolute Gasteiger partial charge is 0.365 e. The summed E-state index contributed by atoms with van der Waals surface area (Å²) >= 11 is 8.07. The molecule has 1 spiro atoms. The van der Waals surface area contributed by atoms with Crippen molar-refractivity contribution in [3.8, 4) is 0 Å². The molecule has 2 fully saturated rings. The Labute approximate surface area is 212 Å². The first kappa shape index (κ1) is 22.2.